The number of nitrogens with one attached hydrogen (secondary N) is 1. The predicted molar refractivity (Wildman–Crippen MR) is 104 cm³/mol. The Bertz CT molecular complexity index is 1380. The van der Waals surface area contributed by atoms with Crippen LogP contribution < -0.4 is 10.9 Å². The summed E-state index contributed by atoms with van der Waals surface area (Å²) in [5.74, 6) is -3.48. The van der Waals surface area contributed by atoms with Gasteiger partial charge in [0.25, 0.3) is 5.56 Å². The number of phenols is 1. The normalized spacial score (nSPS) is 11.3. The van der Waals surface area contributed by atoms with Gasteiger partial charge in [0.1, 0.15) is 23.2 Å². The number of amides is 1. The first-order valence-corrected chi connectivity index (χ1v) is 8.88. The van der Waals surface area contributed by atoms with Gasteiger partial charge in [0.2, 0.25) is 5.91 Å². The van der Waals surface area contributed by atoms with Crippen LogP contribution in [0.2, 0.25) is 0 Å². The van der Waals surface area contributed by atoms with Crippen LogP contribution in [0.3, 0.4) is 0 Å². The minimum absolute atomic E-state index is 0.0920. The number of benzene rings is 2. The van der Waals surface area contributed by atoms with Crippen molar-refractivity contribution in [3.05, 3.63) is 64.3 Å². The minimum atomic E-state index is -0.935. The van der Waals surface area contributed by atoms with Crippen molar-refractivity contribution in [1.29, 1.82) is 0 Å². The Balaban J connectivity index is 1.72. The number of pyridine rings is 1. The molecule has 0 saturated carbocycles. The first-order chi connectivity index (χ1) is 14.3. The van der Waals surface area contributed by atoms with Gasteiger partial charge in [-0.1, -0.05) is 0 Å². The molecule has 2 N–H and O–H groups in total. The molecule has 30 heavy (non-hydrogen) atoms. The van der Waals surface area contributed by atoms with Crippen LogP contribution >= 0.6 is 0 Å². The van der Waals surface area contributed by atoms with Gasteiger partial charge in [-0.25, -0.2) is 13.2 Å². The molecule has 0 fully saturated rings. The second-order valence-corrected chi connectivity index (χ2v) is 6.73. The Morgan fingerprint density at radius 2 is 1.93 bits per heavy atom. The van der Waals surface area contributed by atoms with Gasteiger partial charge in [0.15, 0.2) is 0 Å². The van der Waals surface area contributed by atoms with E-state index < -0.39 is 28.9 Å². The van der Waals surface area contributed by atoms with Crippen LogP contribution in [0.15, 0.2) is 41.3 Å². The SMILES string of the molecule is Cn1ncc2c(=O)n(CCC(=O)Nc3ccc(F)cc3F)c3cc(F)cc(O)c3c21. The van der Waals surface area contributed by atoms with Crippen LogP contribution in [0.25, 0.3) is 21.8 Å². The van der Waals surface area contributed by atoms with Gasteiger partial charge in [-0.3, -0.25) is 14.3 Å². The molecule has 4 aromatic rings. The van der Waals surface area contributed by atoms with E-state index in [2.05, 4.69) is 10.4 Å². The molecule has 0 aliphatic heterocycles. The topological polar surface area (TPSA) is 89.2 Å². The average molecular weight is 416 g/mol. The number of carbonyl (C=O) groups is 1. The molecular weight excluding hydrogens is 401 g/mol. The van der Waals surface area contributed by atoms with Crippen LogP contribution in [-0.2, 0) is 18.4 Å². The van der Waals surface area contributed by atoms with E-state index in [-0.39, 0.29) is 40.7 Å². The molecule has 0 unspecified atom stereocenters. The molecule has 0 aliphatic carbocycles. The Morgan fingerprint density at radius 3 is 2.67 bits per heavy atom. The molecule has 2 heterocycles. The maximum atomic E-state index is 13.9. The molecule has 0 saturated heterocycles. The van der Waals surface area contributed by atoms with E-state index in [4.69, 9.17) is 0 Å². The number of aromatic hydroxyl groups is 1. The molecule has 0 radical (unpaired) electrons. The fourth-order valence-corrected chi connectivity index (χ4v) is 3.42. The average Bonchev–Trinajstić information content (AvgIpc) is 3.05. The smallest absolute Gasteiger partial charge is 0.262 e. The largest absolute Gasteiger partial charge is 0.507 e. The number of anilines is 1. The summed E-state index contributed by atoms with van der Waals surface area (Å²) in [6.45, 7) is -0.169. The van der Waals surface area contributed by atoms with E-state index in [1.54, 1.807) is 7.05 Å². The summed E-state index contributed by atoms with van der Waals surface area (Å²) < 4.78 is 43.2. The first kappa shape index (κ1) is 19.5. The second kappa shape index (κ2) is 7.21. The number of aromatic nitrogens is 3. The van der Waals surface area contributed by atoms with Crippen molar-refractivity contribution < 1.29 is 23.1 Å². The Morgan fingerprint density at radius 1 is 1.17 bits per heavy atom. The van der Waals surface area contributed by atoms with Crippen molar-refractivity contribution in [3.63, 3.8) is 0 Å². The third-order valence-corrected chi connectivity index (χ3v) is 4.77. The van der Waals surface area contributed by atoms with E-state index >= 15 is 0 Å². The number of hydrogen-bond acceptors (Lipinski definition) is 4. The molecule has 2 aromatic heterocycles. The highest BCUT2D eigenvalue weighted by Gasteiger charge is 2.19. The number of carbonyl (C=O) groups excluding carboxylic acids is 1. The third kappa shape index (κ3) is 3.25. The maximum absolute atomic E-state index is 13.9. The fraction of sp³-hybridized carbons (Fsp3) is 0.150. The lowest BCUT2D eigenvalue weighted by molar-refractivity contribution is -0.116. The van der Waals surface area contributed by atoms with E-state index in [0.717, 1.165) is 28.8 Å². The van der Waals surface area contributed by atoms with E-state index in [9.17, 15) is 27.9 Å². The minimum Gasteiger partial charge on any atom is -0.507 e. The van der Waals surface area contributed by atoms with Crippen LogP contribution in [0.4, 0.5) is 18.9 Å². The summed E-state index contributed by atoms with van der Waals surface area (Å²) in [6.07, 6.45) is 1.07. The second-order valence-electron chi connectivity index (χ2n) is 6.73. The zero-order valence-corrected chi connectivity index (χ0v) is 15.6. The fourth-order valence-electron chi connectivity index (χ4n) is 3.42. The summed E-state index contributed by atoms with van der Waals surface area (Å²) >= 11 is 0. The molecule has 2 aromatic carbocycles. The zero-order valence-electron chi connectivity index (χ0n) is 15.6. The standard InChI is InChI=1S/C20H15F3N4O3/c1-26-19-12(9-24-26)20(30)27(15-7-11(22)8-16(28)18(15)19)5-4-17(29)25-14-3-2-10(21)6-13(14)23/h2-3,6-9,28H,4-5H2,1H3,(H,25,29). The summed E-state index contributed by atoms with van der Waals surface area (Å²) in [4.78, 5) is 25.2. The number of hydrogen-bond donors (Lipinski definition) is 2. The quantitative estimate of drug-likeness (QED) is 0.535. The van der Waals surface area contributed by atoms with Gasteiger partial charge in [-0.05, 0) is 18.2 Å². The van der Waals surface area contributed by atoms with Gasteiger partial charge in [-0.15, -0.1) is 0 Å². The van der Waals surface area contributed by atoms with Gasteiger partial charge >= 0.3 is 0 Å². The lowest BCUT2D eigenvalue weighted by Gasteiger charge is -2.13. The monoisotopic (exact) mass is 416 g/mol. The molecule has 0 bridgehead atoms. The number of nitrogens with zero attached hydrogens (tertiary/aromatic N) is 3. The van der Waals surface area contributed by atoms with Crippen molar-refractivity contribution in [2.75, 3.05) is 5.32 Å². The van der Waals surface area contributed by atoms with Crippen molar-refractivity contribution in [3.8, 4) is 5.75 Å². The molecule has 7 nitrogen and oxygen atoms in total. The molecule has 0 spiro atoms. The van der Waals surface area contributed by atoms with Gasteiger partial charge in [0.05, 0.1) is 33.7 Å². The lowest BCUT2D eigenvalue weighted by atomic mass is 10.1. The Kier molecular flexibility index (Phi) is 4.69. The van der Waals surface area contributed by atoms with Crippen LogP contribution in [-0.4, -0.2) is 25.4 Å². The van der Waals surface area contributed by atoms with Gasteiger partial charge in [-0.2, -0.15) is 5.10 Å². The first-order valence-electron chi connectivity index (χ1n) is 8.88. The van der Waals surface area contributed by atoms with Crippen molar-refractivity contribution >= 4 is 33.4 Å². The highest BCUT2D eigenvalue weighted by atomic mass is 19.1. The summed E-state index contributed by atoms with van der Waals surface area (Å²) in [6, 6.07) is 4.72. The molecule has 1 amide bonds. The number of halogens is 3. The third-order valence-electron chi connectivity index (χ3n) is 4.77. The number of phenolic OH excluding ortho intramolecular Hbond substituents is 1. The van der Waals surface area contributed by atoms with Crippen molar-refractivity contribution in [1.82, 2.24) is 14.3 Å². The van der Waals surface area contributed by atoms with Crippen molar-refractivity contribution in [2.24, 2.45) is 7.05 Å². The van der Waals surface area contributed by atoms with Crippen LogP contribution in [0, 0.1) is 17.5 Å². The zero-order chi connectivity index (χ0) is 21.6. The number of rotatable bonds is 4. The molecule has 0 aliphatic rings. The van der Waals surface area contributed by atoms with E-state index in [1.165, 1.54) is 10.9 Å². The van der Waals surface area contributed by atoms with Crippen molar-refractivity contribution in [2.45, 2.75) is 13.0 Å². The maximum Gasteiger partial charge on any atom is 0.262 e. The highest BCUT2D eigenvalue weighted by molar-refractivity contribution is 6.06. The van der Waals surface area contributed by atoms with Gasteiger partial charge < -0.3 is 15.0 Å². The van der Waals surface area contributed by atoms with Gasteiger partial charge in [0, 0.05) is 32.1 Å². The molecule has 154 valence electrons. The Labute approximate surface area is 167 Å². The predicted octanol–water partition coefficient (Wildman–Crippen LogP) is 3.04. The lowest BCUT2D eigenvalue weighted by Crippen LogP contribution is -2.24. The van der Waals surface area contributed by atoms with E-state index in [1.807, 2.05) is 0 Å². The molecule has 10 heteroatoms. The van der Waals surface area contributed by atoms with Crippen LogP contribution in [0.5, 0.6) is 5.75 Å². The number of aryl methyl sites for hydroxylation is 2. The summed E-state index contributed by atoms with van der Waals surface area (Å²) in [5, 5.41) is 17.0. The molecule has 4 rings (SSSR count). The van der Waals surface area contributed by atoms with E-state index in [0.29, 0.717) is 11.6 Å². The highest BCUT2D eigenvalue weighted by Crippen LogP contribution is 2.31. The Hall–Kier alpha value is -3.82. The number of fused-ring (bicyclic) bond motifs is 3. The van der Waals surface area contributed by atoms with Crippen LogP contribution in [0.1, 0.15) is 6.42 Å². The molecule has 0 atom stereocenters. The summed E-state index contributed by atoms with van der Waals surface area (Å²) in [7, 11) is 1.58. The molecular formula is C20H15F3N4O3. The summed E-state index contributed by atoms with van der Waals surface area (Å²) in [5.41, 5.74) is -0.294.